The van der Waals surface area contributed by atoms with E-state index in [1.807, 2.05) is 19.1 Å². The molecule has 1 amide bonds. The molecule has 176 valence electrons. The van der Waals surface area contributed by atoms with E-state index in [0.717, 1.165) is 61.8 Å². The largest absolute Gasteiger partial charge is 0.495 e. The number of nitrogens with zero attached hydrogens (tertiary/aromatic N) is 5. The van der Waals surface area contributed by atoms with Crippen LogP contribution in [0.25, 0.3) is 0 Å². The number of rotatable bonds is 5. The van der Waals surface area contributed by atoms with Crippen molar-refractivity contribution < 1.29 is 9.53 Å². The van der Waals surface area contributed by atoms with Crippen molar-refractivity contribution in [3.8, 4) is 5.75 Å². The van der Waals surface area contributed by atoms with Crippen LogP contribution in [0.15, 0.2) is 48.8 Å². The number of nitrogens with one attached hydrogen (secondary N) is 1. The highest BCUT2D eigenvalue weighted by Crippen LogP contribution is 2.42. The molecule has 1 saturated heterocycles. The Morgan fingerprint density at radius 1 is 1.00 bits per heavy atom. The number of piperazine rings is 1. The summed E-state index contributed by atoms with van der Waals surface area (Å²) in [6, 6.07) is 12.2. The number of carbonyl (C=O) groups is 1. The highest BCUT2D eigenvalue weighted by atomic mass is 16.5. The summed E-state index contributed by atoms with van der Waals surface area (Å²) in [7, 11) is 3.92. The first-order valence-electron chi connectivity index (χ1n) is 11.6. The maximum atomic E-state index is 12.8. The predicted octanol–water partition coefficient (Wildman–Crippen LogP) is 3.49. The second-order valence-electron chi connectivity index (χ2n) is 8.87. The van der Waals surface area contributed by atoms with Crippen molar-refractivity contribution in [1.82, 2.24) is 14.9 Å². The zero-order valence-electron chi connectivity index (χ0n) is 19.9. The molecule has 0 spiro atoms. The van der Waals surface area contributed by atoms with Gasteiger partial charge in [-0.2, -0.15) is 0 Å². The molecule has 2 aliphatic rings. The van der Waals surface area contributed by atoms with Gasteiger partial charge in [-0.05, 0) is 67.9 Å². The Morgan fingerprint density at radius 3 is 2.47 bits per heavy atom. The summed E-state index contributed by atoms with van der Waals surface area (Å²) in [6.07, 6.45) is 4.17. The molecule has 0 radical (unpaired) electrons. The molecule has 1 fully saturated rings. The normalized spacial score (nSPS) is 15.9. The van der Waals surface area contributed by atoms with Gasteiger partial charge in [-0.3, -0.25) is 10.1 Å². The number of carbonyl (C=O) groups excluding carboxylic acids is 1. The number of hydrogen-bond acceptors (Lipinski definition) is 7. The maximum Gasteiger partial charge on any atom is 0.258 e. The Morgan fingerprint density at radius 2 is 1.76 bits per heavy atom. The van der Waals surface area contributed by atoms with Crippen molar-refractivity contribution >= 4 is 28.9 Å². The minimum atomic E-state index is -0.209. The van der Waals surface area contributed by atoms with Crippen molar-refractivity contribution in [2.45, 2.75) is 13.3 Å². The van der Waals surface area contributed by atoms with Crippen LogP contribution in [0.1, 0.15) is 21.5 Å². The monoisotopic (exact) mass is 458 g/mol. The van der Waals surface area contributed by atoms with Gasteiger partial charge in [-0.15, -0.1) is 0 Å². The van der Waals surface area contributed by atoms with Crippen LogP contribution in [-0.4, -0.2) is 67.7 Å². The molecule has 5 rings (SSSR count). The molecule has 1 N–H and O–H groups in total. The molecular formula is C26H30N6O2. The molecule has 2 aromatic carbocycles. The molecule has 34 heavy (non-hydrogen) atoms. The molecule has 8 nitrogen and oxygen atoms in total. The van der Waals surface area contributed by atoms with Gasteiger partial charge in [0.25, 0.3) is 5.91 Å². The lowest BCUT2D eigenvalue weighted by molar-refractivity contribution is 0.102. The highest BCUT2D eigenvalue weighted by Gasteiger charge is 2.26. The first-order chi connectivity index (χ1) is 16.5. The van der Waals surface area contributed by atoms with Gasteiger partial charge in [0.2, 0.25) is 5.95 Å². The lowest BCUT2D eigenvalue weighted by Gasteiger charge is -2.35. The van der Waals surface area contributed by atoms with E-state index in [4.69, 9.17) is 4.74 Å². The van der Waals surface area contributed by atoms with Gasteiger partial charge in [0.05, 0.1) is 12.8 Å². The second kappa shape index (κ2) is 9.30. The molecule has 2 aliphatic heterocycles. The summed E-state index contributed by atoms with van der Waals surface area (Å²) in [5, 5.41) is 2.77. The van der Waals surface area contributed by atoms with Crippen LogP contribution in [0.4, 0.5) is 23.0 Å². The van der Waals surface area contributed by atoms with Gasteiger partial charge in [-0.25, -0.2) is 9.97 Å². The second-order valence-corrected chi connectivity index (χ2v) is 8.87. The zero-order chi connectivity index (χ0) is 23.7. The molecule has 0 saturated carbocycles. The van der Waals surface area contributed by atoms with Gasteiger partial charge in [0.15, 0.2) is 0 Å². The van der Waals surface area contributed by atoms with Crippen LogP contribution in [0.2, 0.25) is 0 Å². The van der Waals surface area contributed by atoms with Crippen LogP contribution >= 0.6 is 0 Å². The number of amides is 1. The van der Waals surface area contributed by atoms with E-state index in [2.05, 4.69) is 55.2 Å². The minimum Gasteiger partial charge on any atom is -0.495 e. The fourth-order valence-corrected chi connectivity index (χ4v) is 4.73. The number of methoxy groups -OCH3 is 1. The highest BCUT2D eigenvalue weighted by molar-refractivity contribution is 6.04. The van der Waals surface area contributed by atoms with E-state index in [9.17, 15) is 4.79 Å². The fraction of sp³-hybridized carbons (Fsp3) is 0.346. The molecule has 1 aromatic heterocycles. The minimum absolute atomic E-state index is 0.209. The Bertz CT molecular complexity index is 1190. The summed E-state index contributed by atoms with van der Waals surface area (Å²) in [5.41, 5.74) is 6.25. The molecule has 0 unspecified atom stereocenters. The van der Waals surface area contributed by atoms with E-state index in [1.54, 1.807) is 25.6 Å². The van der Waals surface area contributed by atoms with Crippen molar-refractivity contribution in [3.63, 3.8) is 0 Å². The summed E-state index contributed by atoms with van der Waals surface area (Å²) in [4.78, 5) is 28.0. The Labute approximate surface area is 200 Å². The maximum absolute atomic E-state index is 12.8. The Kier molecular flexibility index (Phi) is 6.06. The van der Waals surface area contributed by atoms with Gasteiger partial charge < -0.3 is 19.4 Å². The van der Waals surface area contributed by atoms with Crippen LogP contribution in [0.5, 0.6) is 5.75 Å². The van der Waals surface area contributed by atoms with Crippen LogP contribution in [-0.2, 0) is 6.42 Å². The van der Waals surface area contributed by atoms with Gasteiger partial charge in [0.1, 0.15) is 5.75 Å². The number of aromatic nitrogens is 2. The summed E-state index contributed by atoms with van der Waals surface area (Å²) < 4.78 is 5.77. The van der Waals surface area contributed by atoms with Crippen molar-refractivity contribution in [1.29, 1.82) is 0 Å². The number of aryl methyl sites for hydroxylation is 1. The van der Waals surface area contributed by atoms with Gasteiger partial charge in [-0.1, -0.05) is 0 Å². The summed E-state index contributed by atoms with van der Waals surface area (Å²) in [6.45, 7) is 6.92. The predicted molar refractivity (Wildman–Crippen MR) is 135 cm³/mol. The lowest BCUT2D eigenvalue weighted by atomic mass is 10.1. The van der Waals surface area contributed by atoms with Crippen molar-refractivity contribution in [2.24, 2.45) is 0 Å². The number of hydrogen-bond donors (Lipinski definition) is 1. The number of likely N-dealkylation sites (N-methyl/N-ethyl adjacent to an activating group) is 1. The number of fused-ring (bicyclic) bond motifs is 1. The van der Waals surface area contributed by atoms with E-state index in [0.29, 0.717) is 11.5 Å². The number of ether oxygens (including phenoxy) is 1. The van der Waals surface area contributed by atoms with Crippen LogP contribution in [0, 0.1) is 6.92 Å². The van der Waals surface area contributed by atoms with Crippen LogP contribution in [0.3, 0.4) is 0 Å². The summed E-state index contributed by atoms with van der Waals surface area (Å²) >= 11 is 0. The van der Waals surface area contributed by atoms with E-state index < -0.39 is 0 Å². The summed E-state index contributed by atoms with van der Waals surface area (Å²) in [5.74, 6) is 1.03. The molecule has 0 atom stereocenters. The lowest BCUT2D eigenvalue weighted by Crippen LogP contribution is -2.44. The number of anilines is 4. The Balaban J connectivity index is 1.41. The third kappa shape index (κ3) is 4.28. The third-order valence-corrected chi connectivity index (χ3v) is 6.68. The average Bonchev–Trinajstić information content (AvgIpc) is 3.27. The quantitative estimate of drug-likeness (QED) is 0.627. The topological polar surface area (TPSA) is 73.8 Å². The van der Waals surface area contributed by atoms with E-state index >= 15 is 0 Å². The molecule has 3 heterocycles. The van der Waals surface area contributed by atoms with Crippen molar-refractivity contribution in [3.05, 3.63) is 65.5 Å². The SMILES string of the molecule is COc1cc2c(cc1N1CCN(C)CC1)N(c1ccc(C(=O)Nc3ncccn3)c(C)c1)CC2. The van der Waals surface area contributed by atoms with E-state index in [1.165, 1.54) is 11.3 Å². The molecule has 8 heteroatoms. The third-order valence-electron chi connectivity index (χ3n) is 6.68. The van der Waals surface area contributed by atoms with Crippen LogP contribution < -0.4 is 19.9 Å². The Hall–Kier alpha value is -3.65. The molecular weight excluding hydrogens is 428 g/mol. The molecule has 0 bridgehead atoms. The molecule has 3 aromatic rings. The standard InChI is InChI=1S/C26H30N6O2/c1-18-15-20(5-6-21(18)25(33)29-26-27-8-4-9-28-26)32-10-7-19-16-24(34-3)23(17-22(19)32)31-13-11-30(2)12-14-31/h4-6,8-9,15-17H,7,10-14H2,1-3H3,(H,27,28,29,33). The zero-order valence-corrected chi connectivity index (χ0v) is 19.9. The first-order valence-corrected chi connectivity index (χ1v) is 11.6. The first kappa shape index (κ1) is 22.2. The van der Waals surface area contributed by atoms with Gasteiger partial charge >= 0.3 is 0 Å². The number of benzene rings is 2. The average molecular weight is 459 g/mol. The molecule has 0 aliphatic carbocycles. The van der Waals surface area contributed by atoms with Gasteiger partial charge in [0, 0.05) is 62.1 Å². The smallest absolute Gasteiger partial charge is 0.258 e. The van der Waals surface area contributed by atoms with Crippen molar-refractivity contribution in [2.75, 3.05) is 62.0 Å². The van der Waals surface area contributed by atoms with E-state index in [-0.39, 0.29) is 5.91 Å². The fourth-order valence-electron chi connectivity index (χ4n) is 4.73.